The van der Waals surface area contributed by atoms with Gasteiger partial charge in [-0.3, -0.25) is 4.79 Å². The molecular weight excluding hydrogens is 471 g/mol. The molecule has 0 saturated carbocycles. The molecule has 3 rings (SSSR count). The van der Waals surface area contributed by atoms with Crippen molar-refractivity contribution in [3.63, 3.8) is 0 Å². The van der Waals surface area contributed by atoms with Gasteiger partial charge in [0.15, 0.2) is 0 Å². The Morgan fingerprint density at radius 3 is 2.41 bits per heavy atom. The second kappa shape index (κ2) is 10.7. The fraction of sp³-hybridized carbons (Fsp3) is 0.167. The van der Waals surface area contributed by atoms with Crippen molar-refractivity contribution in [3.8, 4) is 11.5 Å². The SMILES string of the molecule is COc1ccc(/C=N/NC(=O)c2ccc(Cl)cc2Cl)cc1COc1cc(C)c(Cl)c(C)c1. The fourth-order valence-electron chi connectivity index (χ4n) is 3.04. The summed E-state index contributed by atoms with van der Waals surface area (Å²) in [5.74, 6) is 0.965. The average molecular weight is 492 g/mol. The number of carbonyl (C=O) groups is 1. The molecule has 3 aromatic carbocycles. The highest BCUT2D eigenvalue weighted by molar-refractivity contribution is 6.36. The minimum atomic E-state index is -0.437. The highest BCUT2D eigenvalue weighted by Crippen LogP contribution is 2.28. The van der Waals surface area contributed by atoms with Gasteiger partial charge in [-0.1, -0.05) is 34.8 Å². The first-order valence-electron chi connectivity index (χ1n) is 9.63. The molecule has 0 saturated heterocycles. The Morgan fingerprint density at radius 2 is 1.75 bits per heavy atom. The molecule has 3 aromatic rings. The van der Waals surface area contributed by atoms with Crippen molar-refractivity contribution in [2.75, 3.05) is 7.11 Å². The normalized spacial score (nSPS) is 10.9. The number of amides is 1. The van der Waals surface area contributed by atoms with Gasteiger partial charge in [0.05, 0.1) is 23.9 Å². The molecule has 0 radical (unpaired) electrons. The Balaban J connectivity index is 1.70. The maximum absolute atomic E-state index is 12.3. The van der Waals surface area contributed by atoms with Gasteiger partial charge in [0.1, 0.15) is 18.1 Å². The van der Waals surface area contributed by atoms with Gasteiger partial charge in [0.2, 0.25) is 0 Å². The van der Waals surface area contributed by atoms with Crippen LogP contribution in [0.15, 0.2) is 53.6 Å². The Morgan fingerprint density at radius 1 is 1.03 bits per heavy atom. The molecule has 1 N–H and O–H groups in total. The van der Waals surface area contributed by atoms with Crippen LogP contribution in [0.5, 0.6) is 11.5 Å². The predicted molar refractivity (Wildman–Crippen MR) is 130 cm³/mol. The largest absolute Gasteiger partial charge is 0.496 e. The van der Waals surface area contributed by atoms with Gasteiger partial charge >= 0.3 is 0 Å². The molecule has 0 unspecified atom stereocenters. The molecule has 0 aliphatic carbocycles. The van der Waals surface area contributed by atoms with Crippen molar-refractivity contribution in [1.82, 2.24) is 5.43 Å². The third-order valence-corrected chi connectivity index (χ3v) is 5.81. The molecule has 5 nitrogen and oxygen atoms in total. The summed E-state index contributed by atoms with van der Waals surface area (Å²) < 4.78 is 11.4. The van der Waals surface area contributed by atoms with Gasteiger partial charge < -0.3 is 9.47 Å². The van der Waals surface area contributed by atoms with Crippen LogP contribution in [0.25, 0.3) is 0 Å². The van der Waals surface area contributed by atoms with Crippen LogP contribution in [-0.4, -0.2) is 19.2 Å². The number of aryl methyl sites for hydroxylation is 2. The number of methoxy groups -OCH3 is 1. The van der Waals surface area contributed by atoms with Gasteiger partial charge in [-0.25, -0.2) is 5.43 Å². The highest BCUT2D eigenvalue weighted by Gasteiger charge is 2.10. The van der Waals surface area contributed by atoms with Crippen molar-refractivity contribution in [2.45, 2.75) is 20.5 Å². The topological polar surface area (TPSA) is 59.9 Å². The van der Waals surface area contributed by atoms with Crippen LogP contribution < -0.4 is 14.9 Å². The van der Waals surface area contributed by atoms with Crippen LogP contribution in [0.4, 0.5) is 0 Å². The molecule has 0 bridgehead atoms. The third-order valence-electron chi connectivity index (χ3n) is 4.66. The molecule has 0 spiro atoms. The van der Waals surface area contributed by atoms with Crippen LogP contribution in [0, 0.1) is 13.8 Å². The van der Waals surface area contributed by atoms with Crippen LogP contribution in [0.3, 0.4) is 0 Å². The number of benzene rings is 3. The van der Waals surface area contributed by atoms with Gasteiger partial charge in [-0.2, -0.15) is 5.10 Å². The molecule has 0 heterocycles. The Bertz CT molecular complexity index is 1160. The number of hydrazone groups is 1. The second-order valence-electron chi connectivity index (χ2n) is 7.05. The number of rotatable bonds is 7. The van der Waals surface area contributed by atoms with Crippen LogP contribution >= 0.6 is 34.8 Å². The van der Waals surface area contributed by atoms with E-state index >= 15 is 0 Å². The minimum Gasteiger partial charge on any atom is -0.496 e. The first-order chi connectivity index (χ1) is 15.3. The monoisotopic (exact) mass is 490 g/mol. The van der Waals surface area contributed by atoms with Gasteiger partial charge in [-0.15, -0.1) is 0 Å². The number of halogens is 3. The lowest BCUT2D eigenvalue weighted by Crippen LogP contribution is -2.18. The van der Waals surface area contributed by atoms with E-state index in [1.54, 1.807) is 19.2 Å². The van der Waals surface area contributed by atoms with Crippen LogP contribution in [0.1, 0.15) is 32.6 Å². The molecule has 8 heteroatoms. The molecule has 0 atom stereocenters. The molecule has 0 fully saturated rings. The lowest BCUT2D eigenvalue weighted by Gasteiger charge is -2.13. The number of carbonyl (C=O) groups excluding carboxylic acids is 1. The minimum absolute atomic E-state index is 0.252. The van der Waals surface area contributed by atoms with E-state index in [2.05, 4.69) is 10.5 Å². The van der Waals surface area contributed by atoms with E-state index in [0.717, 1.165) is 33.0 Å². The zero-order valence-electron chi connectivity index (χ0n) is 17.7. The summed E-state index contributed by atoms with van der Waals surface area (Å²) >= 11 is 18.1. The first kappa shape index (κ1) is 23.9. The Kier molecular flexibility index (Phi) is 8.02. The summed E-state index contributed by atoms with van der Waals surface area (Å²) in [6.07, 6.45) is 1.53. The van der Waals surface area contributed by atoms with E-state index in [4.69, 9.17) is 44.3 Å². The summed E-state index contributed by atoms with van der Waals surface area (Å²) in [4.78, 5) is 12.3. The van der Waals surface area contributed by atoms with E-state index in [0.29, 0.717) is 10.8 Å². The standard InChI is InChI=1S/C24H21Cl3N2O3/c1-14-8-19(9-15(2)23(14)27)32-13-17-10-16(4-7-22(17)31-3)12-28-29-24(30)20-6-5-18(25)11-21(20)26/h4-12H,13H2,1-3H3,(H,29,30)/b28-12+. The first-order valence-corrected chi connectivity index (χ1v) is 10.8. The molecule has 0 aliphatic heterocycles. The van der Waals surface area contributed by atoms with Crippen LogP contribution in [0.2, 0.25) is 15.1 Å². The predicted octanol–water partition coefficient (Wildman–Crippen LogP) is 6.62. The quantitative estimate of drug-likeness (QED) is 0.299. The zero-order valence-corrected chi connectivity index (χ0v) is 20.0. The fourth-order valence-corrected chi connectivity index (χ4v) is 3.64. The van der Waals surface area contributed by atoms with Crippen molar-refractivity contribution < 1.29 is 14.3 Å². The molecule has 0 aromatic heterocycles. The maximum atomic E-state index is 12.3. The summed E-state index contributed by atoms with van der Waals surface area (Å²) in [5.41, 5.74) is 6.23. The molecule has 32 heavy (non-hydrogen) atoms. The van der Waals surface area contributed by atoms with Crippen molar-refractivity contribution in [2.24, 2.45) is 5.10 Å². The second-order valence-corrected chi connectivity index (χ2v) is 8.28. The van der Waals surface area contributed by atoms with Gasteiger partial charge in [0.25, 0.3) is 5.91 Å². The molecular formula is C24H21Cl3N2O3. The van der Waals surface area contributed by atoms with Crippen molar-refractivity contribution in [3.05, 3.63) is 91.4 Å². The van der Waals surface area contributed by atoms with Gasteiger partial charge in [0, 0.05) is 15.6 Å². The summed E-state index contributed by atoms with van der Waals surface area (Å²) in [7, 11) is 1.60. The summed E-state index contributed by atoms with van der Waals surface area (Å²) in [5, 5.41) is 5.45. The number of hydrogen-bond donors (Lipinski definition) is 1. The smallest absolute Gasteiger partial charge is 0.272 e. The Labute approximate surface area is 201 Å². The summed E-state index contributed by atoms with van der Waals surface area (Å²) in [6, 6.07) is 13.9. The molecule has 166 valence electrons. The van der Waals surface area contributed by atoms with E-state index in [-0.39, 0.29) is 17.2 Å². The number of nitrogens with one attached hydrogen (secondary N) is 1. The van der Waals surface area contributed by atoms with Gasteiger partial charge in [-0.05, 0) is 79.1 Å². The summed E-state index contributed by atoms with van der Waals surface area (Å²) in [6.45, 7) is 4.16. The lowest BCUT2D eigenvalue weighted by molar-refractivity contribution is 0.0955. The maximum Gasteiger partial charge on any atom is 0.272 e. The van der Waals surface area contributed by atoms with E-state index in [9.17, 15) is 4.79 Å². The van der Waals surface area contributed by atoms with Crippen molar-refractivity contribution in [1.29, 1.82) is 0 Å². The Hall–Kier alpha value is -2.73. The zero-order chi connectivity index (χ0) is 23.3. The molecule has 1 amide bonds. The van der Waals surface area contributed by atoms with E-state index in [1.807, 2.05) is 44.2 Å². The number of hydrogen-bond acceptors (Lipinski definition) is 4. The third kappa shape index (κ3) is 5.94. The van der Waals surface area contributed by atoms with Crippen LogP contribution in [-0.2, 0) is 6.61 Å². The molecule has 0 aliphatic rings. The highest BCUT2D eigenvalue weighted by atomic mass is 35.5. The number of ether oxygens (including phenoxy) is 2. The average Bonchev–Trinajstić information content (AvgIpc) is 2.76. The van der Waals surface area contributed by atoms with Crippen molar-refractivity contribution >= 4 is 46.9 Å². The number of nitrogens with zero attached hydrogens (tertiary/aromatic N) is 1. The van der Waals surface area contributed by atoms with E-state index in [1.165, 1.54) is 12.3 Å². The lowest BCUT2D eigenvalue weighted by atomic mass is 10.1. The van der Waals surface area contributed by atoms with E-state index < -0.39 is 5.91 Å².